The zero-order valence-corrected chi connectivity index (χ0v) is 12.7. The summed E-state index contributed by atoms with van der Waals surface area (Å²) in [6, 6.07) is 0.317. The summed E-state index contributed by atoms with van der Waals surface area (Å²) in [6.45, 7) is 13.2. The molecule has 1 N–H and O–H groups in total. The zero-order valence-electron chi connectivity index (χ0n) is 12.7. The minimum atomic E-state index is 0.0551. The Labute approximate surface area is 112 Å². The molecule has 2 amide bonds. The van der Waals surface area contributed by atoms with Gasteiger partial charge in [-0.15, -0.1) is 0 Å². The molecule has 1 aliphatic rings. The number of carbonyl (C=O) groups is 1. The fourth-order valence-corrected chi connectivity index (χ4v) is 1.72. The molecule has 1 rings (SSSR count). The van der Waals surface area contributed by atoms with Crippen molar-refractivity contribution >= 4 is 6.03 Å². The second-order valence-corrected chi connectivity index (χ2v) is 4.92. The molecule has 4 heteroatoms. The van der Waals surface area contributed by atoms with Crippen LogP contribution in [0.4, 0.5) is 4.79 Å². The van der Waals surface area contributed by atoms with Crippen molar-refractivity contribution in [2.24, 2.45) is 5.92 Å². The summed E-state index contributed by atoms with van der Waals surface area (Å²) in [4.78, 5) is 13.6. The summed E-state index contributed by atoms with van der Waals surface area (Å²) in [7, 11) is 0. The number of morpholine rings is 1. The van der Waals surface area contributed by atoms with Gasteiger partial charge in [0.1, 0.15) is 0 Å². The van der Waals surface area contributed by atoms with Crippen LogP contribution in [-0.2, 0) is 4.74 Å². The minimum Gasteiger partial charge on any atom is -0.378 e. The molecule has 18 heavy (non-hydrogen) atoms. The van der Waals surface area contributed by atoms with Crippen molar-refractivity contribution in [2.45, 2.75) is 53.5 Å². The van der Waals surface area contributed by atoms with Crippen molar-refractivity contribution in [1.29, 1.82) is 0 Å². The SMILES string of the molecule is CC.CC(C)CCC(C)NC(=O)N1CCOCC1. The van der Waals surface area contributed by atoms with Crippen molar-refractivity contribution in [3.63, 3.8) is 0 Å². The van der Waals surface area contributed by atoms with E-state index in [4.69, 9.17) is 4.74 Å². The number of hydrogen-bond acceptors (Lipinski definition) is 2. The third-order valence-electron chi connectivity index (χ3n) is 2.85. The van der Waals surface area contributed by atoms with Crippen molar-refractivity contribution < 1.29 is 9.53 Å². The van der Waals surface area contributed by atoms with E-state index >= 15 is 0 Å². The Morgan fingerprint density at radius 2 is 1.72 bits per heavy atom. The van der Waals surface area contributed by atoms with Gasteiger partial charge in [0, 0.05) is 19.1 Å². The van der Waals surface area contributed by atoms with Gasteiger partial charge in [-0.2, -0.15) is 0 Å². The van der Waals surface area contributed by atoms with E-state index in [1.54, 1.807) is 0 Å². The number of rotatable bonds is 4. The summed E-state index contributed by atoms with van der Waals surface area (Å²) in [5.74, 6) is 0.697. The lowest BCUT2D eigenvalue weighted by Gasteiger charge is -2.28. The van der Waals surface area contributed by atoms with Gasteiger partial charge in [0.05, 0.1) is 13.2 Å². The van der Waals surface area contributed by atoms with Crippen LogP contribution in [0.5, 0.6) is 0 Å². The molecule has 0 spiro atoms. The average Bonchev–Trinajstić information content (AvgIpc) is 2.39. The first-order valence-corrected chi connectivity index (χ1v) is 7.22. The van der Waals surface area contributed by atoms with Crippen molar-refractivity contribution in [1.82, 2.24) is 10.2 Å². The molecule has 1 unspecified atom stereocenters. The van der Waals surface area contributed by atoms with Gasteiger partial charge >= 0.3 is 6.03 Å². The highest BCUT2D eigenvalue weighted by molar-refractivity contribution is 5.74. The normalized spacial score (nSPS) is 16.9. The third kappa shape index (κ3) is 7.54. The van der Waals surface area contributed by atoms with Crippen LogP contribution >= 0.6 is 0 Å². The Kier molecular flexibility index (Phi) is 9.74. The molecule has 0 aromatic carbocycles. The standard InChI is InChI=1S/C12H24N2O2.C2H6/c1-10(2)4-5-11(3)13-12(15)14-6-8-16-9-7-14;1-2/h10-11H,4-9H2,1-3H3,(H,13,15);1-2H3. The van der Waals surface area contributed by atoms with Crippen LogP contribution < -0.4 is 5.32 Å². The number of hydrogen-bond donors (Lipinski definition) is 1. The molecule has 1 fully saturated rings. The first-order chi connectivity index (χ1) is 8.59. The van der Waals surface area contributed by atoms with Crippen LogP contribution in [0, 0.1) is 5.92 Å². The van der Waals surface area contributed by atoms with Gasteiger partial charge in [0.15, 0.2) is 0 Å². The number of nitrogens with zero attached hydrogens (tertiary/aromatic N) is 1. The maximum Gasteiger partial charge on any atom is 0.317 e. The highest BCUT2D eigenvalue weighted by atomic mass is 16.5. The van der Waals surface area contributed by atoms with Gasteiger partial charge in [0.25, 0.3) is 0 Å². The Morgan fingerprint density at radius 3 is 2.22 bits per heavy atom. The molecule has 0 saturated carbocycles. The van der Waals surface area contributed by atoms with Crippen molar-refractivity contribution in [3.05, 3.63) is 0 Å². The lowest BCUT2D eigenvalue weighted by molar-refractivity contribution is 0.0525. The Balaban J connectivity index is 0.00000137. The van der Waals surface area contributed by atoms with E-state index in [0.29, 0.717) is 32.2 Å². The first-order valence-electron chi connectivity index (χ1n) is 7.22. The van der Waals surface area contributed by atoms with E-state index in [-0.39, 0.29) is 12.1 Å². The van der Waals surface area contributed by atoms with Crippen LogP contribution in [0.1, 0.15) is 47.5 Å². The summed E-state index contributed by atoms with van der Waals surface area (Å²) >= 11 is 0. The summed E-state index contributed by atoms with van der Waals surface area (Å²) < 4.78 is 5.21. The zero-order chi connectivity index (χ0) is 14.0. The highest BCUT2D eigenvalue weighted by Gasteiger charge is 2.17. The summed E-state index contributed by atoms with van der Waals surface area (Å²) in [6.07, 6.45) is 2.21. The lowest BCUT2D eigenvalue weighted by atomic mass is 10.0. The molecule has 1 atom stereocenters. The van der Waals surface area contributed by atoms with E-state index in [2.05, 4.69) is 26.1 Å². The van der Waals surface area contributed by atoms with E-state index in [1.165, 1.54) is 0 Å². The molecule has 108 valence electrons. The van der Waals surface area contributed by atoms with Crippen molar-refractivity contribution in [2.75, 3.05) is 26.3 Å². The van der Waals surface area contributed by atoms with E-state index in [1.807, 2.05) is 18.7 Å². The molecule has 4 nitrogen and oxygen atoms in total. The van der Waals surface area contributed by atoms with E-state index < -0.39 is 0 Å². The number of ether oxygens (including phenoxy) is 1. The monoisotopic (exact) mass is 258 g/mol. The topological polar surface area (TPSA) is 41.6 Å². The number of nitrogens with one attached hydrogen (secondary N) is 1. The molecule has 1 aliphatic heterocycles. The van der Waals surface area contributed by atoms with Crippen molar-refractivity contribution in [3.8, 4) is 0 Å². The Bertz CT molecular complexity index is 214. The summed E-state index contributed by atoms with van der Waals surface area (Å²) in [5, 5.41) is 3.04. The maximum absolute atomic E-state index is 11.8. The van der Waals surface area contributed by atoms with Crippen LogP contribution in [-0.4, -0.2) is 43.3 Å². The predicted molar refractivity (Wildman–Crippen MR) is 75.8 cm³/mol. The largest absolute Gasteiger partial charge is 0.378 e. The van der Waals surface area contributed by atoms with Crippen LogP contribution in [0.25, 0.3) is 0 Å². The average molecular weight is 258 g/mol. The van der Waals surface area contributed by atoms with Crippen LogP contribution in [0.3, 0.4) is 0 Å². The number of carbonyl (C=O) groups excluding carboxylic acids is 1. The molecular formula is C14H30N2O2. The minimum absolute atomic E-state index is 0.0551. The van der Waals surface area contributed by atoms with Gasteiger partial charge in [-0.25, -0.2) is 4.79 Å². The second kappa shape index (κ2) is 10.2. The maximum atomic E-state index is 11.8. The van der Waals surface area contributed by atoms with Crippen LogP contribution in [0.2, 0.25) is 0 Å². The number of urea groups is 1. The fraction of sp³-hybridized carbons (Fsp3) is 0.929. The van der Waals surface area contributed by atoms with Gasteiger partial charge in [0.2, 0.25) is 0 Å². The number of amides is 2. The predicted octanol–water partition coefficient (Wildman–Crippen LogP) is 2.88. The Hall–Kier alpha value is -0.770. The van der Waals surface area contributed by atoms with E-state index in [9.17, 15) is 4.79 Å². The van der Waals surface area contributed by atoms with Gasteiger partial charge in [-0.3, -0.25) is 0 Å². The van der Waals surface area contributed by atoms with E-state index in [0.717, 1.165) is 12.8 Å². The molecule has 1 heterocycles. The fourth-order valence-electron chi connectivity index (χ4n) is 1.72. The lowest BCUT2D eigenvalue weighted by Crippen LogP contribution is -2.48. The van der Waals surface area contributed by atoms with Gasteiger partial charge in [-0.05, 0) is 25.7 Å². The van der Waals surface area contributed by atoms with Crippen LogP contribution in [0.15, 0.2) is 0 Å². The third-order valence-corrected chi connectivity index (χ3v) is 2.85. The second-order valence-electron chi connectivity index (χ2n) is 4.92. The molecule has 1 saturated heterocycles. The Morgan fingerprint density at radius 1 is 1.17 bits per heavy atom. The molecule has 0 aromatic heterocycles. The van der Waals surface area contributed by atoms with Gasteiger partial charge < -0.3 is 15.0 Å². The molecule has 0 aromatic rings. The molecular weight excluding hydrogens is 228 g/mol. The molecule has 0 bridgehead atoms. The summed E-state index contributed by atoms with van der Waals surface area (Å²) in [5.41, 5.74) is 0. The highest BCUT2D eigenvalue weighted by Crippen LogP contribution is 2.07. The molecule has 0 radical (unpaired) electrons. The smallest absolute Gasteiger partial charge is 0.317 e. The first kappa shape index (κ1) is 17.2. The quantitative estimate of drug-likeness (QED) is 0.842. The van der Waals surface area contributed by atoms with Gasteiger partial charge in [-0.1, -0.05) is 27.7 Å². The molecule has 0 aliphatic carbocycles.